The highest BCUT2D eigenvalue weighted by atomic mass is 19.1. The number of rotatable bonds is 7. The number of carbonyl (C=O) groups is 1. The summed E-state index contributed by atoms with van der Waals surface area (Å²) < 4.78 is 30.7. The molecule has 1 heterocycles. The number of carbonyl (C=O) groups excluding carboxylic acids is 1. The number of hydrogen-bond donors (Lipinski definition) is 2. The molecule has 0 saturated carbocycles. The number of para-hydroxylation sites is 1. The van der Waals surface area contributed by atoms with Crippen molar-refractivity contribution in [3.8, 4) is 17.2 Å². The maximum absolute atomic E-state index is 13.9. The fourth-order valence-electron chi connectivity index (χ4n) is 3.95. The van der Waals surface area contributed by atoms with Gasteiger partial charge in [-0.25, -0.2) is 14.2 Å². The highest BCUT2D eigenvalue weighted by Gasteiger charge is 2.22. The molecule has 0 atom stereocenters. The summed E-state index contributed by atoms with van der Waals surface area (Å²) in [5.74, 6) is 1.43. The number of halogens is 1. The molecule has 0 unspecified atom stereocenters. The molecule has 9 heteroatoms. The van der Waals surface area contributed by atoms with Crippen molar-refractivity contribution in [2.75, 3.05) is 43.6 Å². The van der Waals surface area contributed by atoms with Crippen LogP contribution in [0.15, 0.2) is 54.6 Å². The summed E-state index contributed by atoms with van der Waals surface area (Å²) in [5, 5.41) is 7.20. The molecule has 0 fully saturated rings. The predicted octanol–water partition coefficient (Wildman–Crippen LogP) is 5.91. The lowest BCUT2D eigenvalue weighted by Crippen LogP contribution is -2.26. The van der Waals surface area contributed by atoms with Crippen molar-refractivity contribution in [2.24, 2.45) is 0 Å². The first-order valence-electron chi connectivity index (χ1n) is 11.2. The van der Waals surface area contributed by atoms with E-state index in [0.717, 1.165) is 22.4 Å². The van der Waals surface area contributed by atoms with Crippen molar-refractivity contribution in [3.05, 3.63) is 77.1 Å². The number of fused-ring (bicyclic) bond motifs is 1. The summed E-state index contributed by atoms with van der Waals surface area (Å²) >= 11 is 0. The monoisotopic (exact) mass is 493 g/mol. The Kier molecular flexibility index (Phi) is 7.30. The van der Waals surface area contributed by atoms with E-state index in [1.54, 1.807) is 37.5 Å². The zero-order valence-electron chi connectivity index (χ0n) is 20.8. The van der Waals surface area contributed by atoms with Crippen LogP contribution in [-0.4, -0.2) is 33.9 Å². The highest BCUT2D eigenvalue weighted by Crippen LogP contribution is 2.38. The van der Waals surface area contributed by atoms with E-state index in [0.29, 0.717) is 29.5 Å². The topological polar surface area (TPSA) is 81.3 Å². The van der Waals surface area contributed by atoms with Gasteiger partial charge in [0.05, 0.1) is 39.2 Å². The van der Waals surface area contributed by atoms with Gasteiger partial charge in [-0.3, -0.25) is 4.84 Å². The molecule has 2 N–H and O–H groups in total. The lowest BCUT2D eigenvalue weighted by Gasteiger charge is -2.29. The van der Waals surface area contributed by atoms with E-state index in [-0.39, 0.29) is 11.4 Å². The minimum absolute atomic E-state index is 0.0333. The lowest BCUT2D eigenvalue weighted by atomic mass is 10.0. The summed E-state index contributed by atoms with van der Waals surface area (Å²) in [4.78, 5) is 18.1. The van der Waals surface area contributed by atoms with Gasteiger partial charge in [0.2, 0.25) is 0 Å². The molecule has 4 rings (SSSR count). The second kappa shape index (κ2) is 10.6. The first-order valence-corrected chi connectivity index (χ1v) is 11.2. The van der Waals surface area contributed by atoms with Crippen molar-refractivity contribution in [1.29, 1.82) is 0 Å². The maximum atomic E-state index is 13.9. The first kappa shape index (κ1) is 24.9. The minimum atomic E-state index is -0.561. The Morgan fingerprint density at radius 2 is 1.72 bits per heavy atom. The summed E-state index contributed by atoms with van der Waals surface area (Å²) in [6.45, 7) is 4.33. The van der Waals surface area contributed by atoms with Gasteiger partial charge in [0.25, 0.3) is 0 Å². The van der Waals surface area contributed by atoms with E-state index in [9.17, 15) is 9.18 Å². The number of nitrogens with one attached hydrogen (secondary N) is 2. The fourth-order valence-corrected chi connectivity index (χ4v) is 3.95. The molecule has 3 aromatic rings. The fraction of sp³-hybridized carbons (Fsp3) is 0.222. The van der Waals surface area contributed by atoms with Gasteiger partial charge in [-0.2, -0.15) is 0 Å². The molecule has 8 nitrogen and oxygen atoms in total. The smallest absolute Gasteiger partial charge is 0.323 e. The number of benzene rings is 3. The van der Waals surface area contributed by atoms with Crippen LogP contribution in [-0.2, 0) is 4.84 Å². The Morgan fingerprint density at radius 1 is 0.944 bits per heavy atom. The SMILES string of the molecule is COc1ccc2c(c1)C(Oc1ccc(NC(=O)Nc3cccc(F)c3OC)c(C)c1C)=CCN2OC. The molecule has 0 aliphatic carbocycles. The Balaban J connectivity index is 1.54. The Hall–Kier alpha value is -4.24. The van der Waals surface area contributed by atoms with Gasteiger partial charge in [-0.05, 0) is 73.5 Å². The zero-order valence-corrected chi connectivity index (χ0v) is 20.8. The standard InChI is InChI=1S/C27H28FN3O5/c1-16-17(2)24(36-25-13-14-31(35-5)23-11-9-18(33-3)15-19(23)25)12-10-21(16)29-27(32)30-22-8-6-7-20(28)26(22)34-4/h6-13,15H,14H2,1-5H3,(H2,29,30,32). The summed E-state index contributed by atoms with van der Waals surface area (Å²) in [6, 6.07) is 13.0. The van der Waals surface area contributed by atoms with Gasteiger partial charge < -0.3 is 24.8 Å². The Morgan fingerprint density at radius 3 is 2.44 bits per heavy atom. The molecule has 0 bridgehead atoms. The van der Waals surface area contributed by atoms with Gasteiger partial charge in [-0.15, -0.1) is 0 Å². The molecular formula is C27H28FN3O5. The minimum Gasteiger partial charge on any atom is -0.497 e. The van der Waals surface area contributed by atoms with Crippen molar-refractivity contribution in [2.45, 2.75) is 13.8 Å². The molecule has 3 aromatic carbocycles. The number of nitrogens with zero attached hydrogens (tertiary/aromatic N) is 1. The van der Waals surface area contributed by atoms with Gasteiger partial charge in [-0.1, -0.05) is 6.07 Å². The molecule has 36 heavy (non-hydrogen) atoms. The maximum Gasteiger partial charge on any atom is 0.323 e. The van der Waals surface area contributed by atoms with Crippen molar-refractivity contribution >= 4 is 28.9 Å². The Labute approximate surface area is 209 Å². The van der Waals surface area contributed by atoms with Gasteiger partial charge >= 0.3 is 6.03 Å². The third-order valence-corrected chi connectivity index (χ3v) is 6.03. The van der Waals surface area contributed by atoms with Crippen LogP contribution < -0.4 is 29.9 Å². The van der Waals surface area contributed by atoms with Crippen LogP contribution in [0.2, 0.25) is 0 Å². The van der Waals surface area contributed by atoms with Crippen LogP contribution in [0.3, 0.4) is 0 Å². The number of anilines is 3. The molecule has 1 aliphatic rings. The molecule has 0 aromatic heterocycles. The molecule has 2 amide bonds. The number of amides is 2. The van der Waals surface area contributed by atoms with Gasteiger partial charge in [0.1, 0.15) is 17.3 Å². The van der Waals surface area contributed by atoms with Gasteiger partial charge in [0, 0.05) is 11.3 Å². The molecule has 0 saturated heterocycles. The third kappa shape index (κ3) is 4.92. The molecule has 0 radical (unpaired) electrons. The van der Waals surface area contributed by atoms with E-state index in [1.165, 1.54) is 19.2 Å². The normalized spacial score (nSPS) is 12.4. The number of urea groups is 1. The van der Waals surface area contributed by atoms with Crippen LogP contribution in [0, 0.1) is 19.7 Å². The largest absolute Gasteiger partial charge is 0.497 e. The molecule has 188 valence electrons. The van der Waals surface area contributed by atoms with Gasteiger partial charge in [0.15, 0.2) is 11.6 Å². The van der Waals surface area contributed by atoms with Crippen molar-refractivity contribution in [1.82, 2.24) is 0 Å². The molecule has 0 spiro atoms. The number of ether oxygens (including phenoxy) is 3. The summed E-state index contributed by atoms with van der Waals surface area (Å²) in [7, 11) is 4.58. The zero-order chi connectivity index (χ0) is 25.8. The second-order valence-electron chi connectivity index (χ2n) is 8.06. The first-order chi connectivity index (χ1) is 17.4. The number of hydroxylamine groups is 1. The predicted molar refractivity (Wildman–Crippen MR) is 137 cm³/mol. The average molecular weight is 494 g/mol. The van der Waals surface area contributed by atoms with E-state index in [4.69, 9.17) is 19.0 Å². The van der Waals surface area contributed by atoms with Crippen LogP contribution >= 0.6 is 0 Å². The average Bonchev–Trinajstić information content (AvgIpc) is 2.88. The van der Waals surface area contributed by atoms with E-state index < -0.39 is 11.8 Å². The van der Waals surface area contributed by atoms with E-state index in [1.807, 2.05) is 38.1 Å². The van der Waals surface area contributed by atoms with Crippen LogP contribution in [0.4, 0.5) is 26.2 Å². The Bertz CT molecular complexity index is 1330. The van der Waals surface area contributed by atoms with Crippen LogP contribution in [0.1, 0.15) is 16.7 Å². The van der Waals surface area contributed by atoms with E-state index >= 15 is 0 Å². The summed E-state index contributed by atoms with van der Waals surface area (Å²) in [6.07, 6.45) is 1.94. The number of methoxy groups -OCH3 is 2. The quantitative estimate of drug-likeness (QED) is 0.426. The molecular weight excluding hydrogens is 465 g/mol. The van der Waals surface area contributed by atoms with Crippen molar-refractivity contribution < 1.29 is 28.2 Å². The third-order valence-electron chi connectivity index (χ3n) is 6.03. The van der Waals surface area contributed by atoms with Crippen LogP contribution in [0.25, 0.3) is 5.76 Å². The number of hydrogen-bond acceptors (Lipinski definition) is 6. The van der Waals surface area contributed by atoms with Crippen LogP contribution in [0.5, 0.6) is 17.2 Å². The van der Waals surface area contributed by atoms with E-state index in [2.05, 4.69) is 10.6 Å². The highest BCUT2D eigenvalue weighted by molar-refractivity contribution is 6.01. The van der Waals surface area contributed by atoms with Crippen molar-refractivity contribution in [3.63, 3.8) is 0 Å². The summed E-state index contributed by atoms with van der Waals surface area (Å²) in [5.41, 5.74) is 4.22. The second-order valence-corrected chi connectivity index (χ2v) is 8.06. The molecule has 1 aliphatic heterocycles. The lowest BCUT2D eigenvalue weighted by molar-refractivity contribution is 0.173.